The van der Waals surface area contributed by atoms with Crippen molar-refractivity contribution in [2.24, 2.45) is 0 Å². The van der Waals surface area contributed by atoms with Gasteiger partial charge in [-0.2, -0.15) is 0 Å². The fourth-order valence-electron chi connectivity index (χ4n) is 6.50. The van der Waals surface area contributed by atoms with Gasteiger partial charge in [0, 0.05) is 38.3 Å². The topological polar surface area (TPSA) is 125 Å². The Bertz CT molecular complexity index is 2110. The Morgan fingerprint density at radius 1 is 0.772 bits per heavy atom. The minimum absolute atomic E-state index is 0.0287. The summed E-state index contributed by atoms with van der Waals surface area (Å²) in [6.45, 7) is 4.06. The summed E-state index contributed by atoms with van der Waals surface area (Å²) in [5.74, 6) is 0.751. The van der Waals surface area contributed by atoms with Crippen LogP contribution in [0.5, 0.6) is 0 Å². The number of ether oxygens (including phenoxy) is 1. The number of amides is 2. The van der Waals surface area contributed by atoms with Gasteiger partial charge in [0.1, 0.15) is 5.82 Å². The molecule has 57 heavy (non-hydrogen) atoms. The zero-order chi connectivity index (χ0) is 39.9. The molecule has 11 nitrogen and oxygen atoms in total. The Kier molecular flexibility index (Phi) is 17.9. The fourth-order valence-corrected chi connectivity index (χ4v) is 6.50. The summed E-state index contributed by atoms with van der Waals surface area (Å²) in [6.07, 6.45) is 39.3. The molecule has 0 atom stereocenters. The first-order valence-corrected chi connectivity index (χ1v) is 20.6. The molecule has 5 rings (SSSR count). The van der Waals surface area contributed by atoms with Crippen molar-refractivity contribution in [3.05, 3.63) is 132 Å². The Labute approximate surface area is 336 Å². The highest BCUT2D eigenvalue weighted by atomic mass is 16.5. The van der Waals surface area contributed by atoms with E-state index in [9.17, 15) is 14.4 Å². The minimum atomic E-state index is -0.504. The van der Waals surface area contributed by atoms with E-state index >= 15 is 0 Å². The van der Waals surface area contributed by atoms with Crippen LogP contribution in [0.3, 0.4) is 0 Å². The lowest BCUT2D eigenvalue weighted by molar-refractivity contribution is -0.120. The van der Waals surface area contributed by atoms with Gasteiger partial charge in [-0.3, -0.25) is 18.9 Å². The van der Waals surface area contributed by atoms with Crippen molar-refractivity contribution < 1.29 is 14.3 Å². The van der Waals surface area contributed by atoms with Crippen LogP contribution in [0.2, 0.25) is 0 Å². The molecule has 1 aliphatic carbocycles. The molecule has 11 heteroatoms. The van der Waals surface area contributed by atoms with E-state index < -0.39 is 6.09 Å². The molecule has 3 heterocycles. The second-order valence-corrected chi connectivity index (χ2v) is 14.1. The molecule has 1 aliphatic rings. The van der Waals surface area contributed by atoms with E-state index in [1.165, 1.54) is 0 Å². The maximum Gasteiger partial charge on any atom is 0.407 e. The highest BCUT2D eigenvalue weighted by molar-refractivity contribution is 5.77. The predicted octanol–water partition coefficient (Wildman–Crippen LogP) is 9.03. The zero-order valence-electron chi connectivity index (χ0n) is 33.4. The number of rotatable bonds is 25. The number of aromatic nitrogens is 5. The summed E-state index contributed by atoms with van der Waals surface area (Å²) >= 11 is 0. The lowest BCUT2D eigenvalue weighted by Crippen LogP contribution is -2.35. The van der Waals surface area contributed by atoms with Gasteiger partial charge in [-0.1, -0.05) is 92.0 Å². The molecule has 2 amide bonds. The molecule has 1 aromatic carbocycles. The monoisotopic (exact) mass is 773 g/mol. The molecule has 1 saturated carbocycles. The van der Waals surface area contributed by atoms with Crippen LogP contribution in [-0.4, -0.2) is 55.4 Å². The molecule has 0 bridgehead atoms. The number of nitrogens with one attached hydrogen (secondary N) is 2. The van der Waals surface area contributed by atoms with E-state index in [1.807, 2.05) is 41.0 Å². The number of nitrogens with zero attached hydrogens (tertiary/aromatic N) is 5. The highest BCUT2D eigenvalue weighted by Crippen LogP contribution is 2.36. The normalized spacial score (nSPS) is 13.6. The molecule has 0 saturated heterocycles. The second kappa shape index (κ2) is 24.0. The second-order valence-electron chi connectivity index (χ2n) is 14.1. The average Bonchev–Trinajstić information content (AvgIpc) is 3.94. The first kappa shape index (κ1) is 42.4. The summed E-state index contributed by atoms with van der Waals surface area (Å²) in [7, 11) is 0. The van der Waals surface area contributed by atoms with E-state index in [4.69, 9.17) is 9.72 Å². The van der Waals surface area contributed by atoms with Crippen molar-refractivity contribution >= 4 is 34.1 Å². The number of alkyl carbamates (subject to hydrolysis) is 1. The maximum atomic E-state index is 13.5. The number of para-hydroxylation sites is 2. The predicted molar refractivity (Wildman–Crippen MR) is 230 cm³/mol. The van der Waals surface area contributed by atoms with Crippen molar-refractivity contribution in [2.45, 2.75) is 103 Å². The fraction of sp³-hybridized carbons (Fsp3) is 0.413. The van der Waals surface area contributed by atoms with E-state index in [2.05, 4.69) is 93.9 Å². The number of carbonyl (C=O) groups excluding carboxylic acids is 2. The van der Waals surface area contributed by atoms with Crippen molar-refractivity contribution in [3.63, 3.8) is 0 Å². The highest BCUT2D eigenvalue weighted by Gasteiger charge is 2.29. The Morgan fingerprint density at radius 3 is 2.11 bits per heavy atom. The molecular weight excluding hydrogens is 715 g/mol. The number of imidazole rings is 2. The van der Waals surface area contributed by atoms with E-state index in [-0.39, 0.29) is 24.2 Å². The number of hydrogen-bond donors (Lipinski definition) is 2. The van der Waals surface area contributed by atoms with Gasteiger partial charge in [0.25, 0.3) is 0 Å². The van der Waals surface area contributed by atoms with E-state index in [1.54, 1.807) is 17.0 Å². The summed E-state index contributed by atoms with van der Waals surface area (Å²) in [6, 6.07) is 10.1. The summed E-state index contributed by atoms with van der Waals surface area (Å²) in [4.78, 5) is 47.1. The molecule has 0 radical (unpaired) electrons. The standard InChI is InChI=1S/C46H59N7O4/c1-2-3-4-5-6-7-8-9-10-11-12-13-14-15-16-17-18-19-20-27-44(54)48-32-33-49-45(55)57-35-24-23-34-51-40-26-22-21-25-39(40)50-43(51)37-52-42-36-47-31-30-41(42)53(46(52)56)38-28-29-38/h3-4,6-7,9-10,12-13,15-16,18-19,21-22,25-26,30-31,36,38H,2,5,8,11,14,17,20,23-24,27-29,32-35,37H2,1H3,(H,48,54)(H,49,55)/b4-3-,7-6-,10-9-,13-12-,16-15-,19-18-. The lowest BCUT2D eigenvalue weighted by Gasteiger charge is -2.11. The molecule has 2 N–H and O–H groups in total. The van der Waals surface area contributed by atoms with Crippen molar-refractivity contribution in [3.8, 4) is 0 Å². The molecule has 302 valence electrons. The third-order valence-electron chi connectivity index (χ3n) is 9.57. The van der Waals surface area contributed by atoms with Crippen LogP contribution in [0, 0.1) is 0 Å². The number of unbranched alkanes of at least 4 members (excludes halogenated alkanes) is 1. The van der Waals surface area contributed by atoms with E-state index in [0.717, 1.165) is 85.7 Å². The summed E-state index contributed by atoms with van der Waals surface area (Å²) in [5.41, 5.74) is 3.57. The Hall–Kier alpha value is -5.71. The van der Waals surface area contributed by atoms with Crippen LogP contribution < -0.4 is 16.3 Å². The number of allylic oxidation sites excluding steroid dienone is 12. The molecule has 3 aromatic heterocycles. The minimum Gasteiger partial charge on any atom is -0.450 e. The molecule has 0 unspecified atom stereocenters. The van der Waals surface area contributed by atoms with Crippen LogP contribution in [0.4, 0.5) is 4.79 Å². The van der Waals surface area contributed by atoms with Crippen molar-refractivity contribution in [1.29, 1.82) is 0 Å². The van der Waals surface area contributed by atoms with Crippen LogP contribution in [-0.2, 0) is 22.6 Å². The van der Waals surface area contributed by atoms with Gasteiger partial charge in [0.15, 0.2) is 0 Å². The molecule has 0 aliphatic heterocycles. The first-order chi connectivity index (χ1) is 28.1. The zero-order valence-corrected chi connectivity index (χ0v) is 33.4. The summed E-state index contributed by atoms with van der Waals surface area (Å²) < 4.78 is 11.2. The Morgan fingerprint density at radius 2 is 1.42 bits per heavy atom. The smallest absolute Gasteiger partial charge is 0.407 e. The number of benzene rings is 1. The van der Waals surface area contributed by atoms with Crippen molar-refractivity contribution in [1.82, 2.24) is 34.3 Å². The van der Waals surface area contributed by atoms with Crippen LogP contribution >= 0.6 is 0 Å². The lowest BCUT2D eigenvalue weighted by atomic mass is 10.2. The van der Waals surface area contributed by atoms with Crippen molar-refractivity contribution in [2.75, 3.05) is 19.7 Å². The van der Waals surface area contributed by atoms with Gasteiger partial charge >= 0.3 is 11.8 Å². The van der Waals surface area contributed by atoms with Gasteiger partial charge in [-0.25, -0.2) is 14.6 Å². The van der Waals surface area contributed by atoms with Gasteiger partial charge in [-0.05, 0) is 88.8 Å². The average molecular weight is 774 g/mol. The largest absolute Gasteiger partial charge is 0.450 e. The number of aryl methyl sites for hydroxylation is 1. The number of hydrogen-bond acceptors (Lipinski definition) is 6. The van der Waals surface area contributed by atoms with E-state index in [0.29, 0.717) is 45.4 Å². The molecule has 4 aromatic rings. The third-order valence-corrected chi connectivity index (χ3v) is 9.57. The third kappa shape index (κ3) is 14.1. The van der Waals surface area contributed by atoms with Gasteiger partial charge < -0.3 is 19.9 Å². The quantitative estimate of drug-likeness (QED) is 0.0512. The molecular formula is C46H59N7O4. The van der Waals surface area contributed by atoms with Crippen LogP contribution in [0.1, 0.15) is 95.8 Å². The SMILES string of the molecule is CC/C=C\C/C=C\C/C=C\C/C=C\C/C=C\C/C=C\CCC(=O)NCCNC(=O)OCCCCn1c(Cn2c(=O)n(C3CC3)c3ccncc32)nc2ccccc21. The number of pyridine rings is 1. The summed E-state index contributed by atoms with van der Waals surface area (Å²) in [5, 5.41) is 5.54. The van der Waals surface area contributed by atoms with Crippen LogP contribution in [0.25, 0.3) is 22.1 Å². The maximum absolute atomic E-state index is 13.5. The number of carbonyl (C=O) groups is 2. The van der Waals surface area contributed by atoms with Gasteiger partial charge in [0.2, 0.25) is 5.91 Å². The number of fused-ring (bicyclic) bond motifs is 2. The van der Waals surface area contributed by atoms with Gasteiger partial charge in [0.05, 0.1) is 41.4 Å². The molecule has 0 spiro atoms. The Balaban J connectivity index is 0.902. The first-order valence-electron chi connectivity index (χ1n) is 20.6. The van der Waals surface area contributed by atoms with Crippen LogP contribution in [0.15, 0.2) is 120 Å². The van der Waals surface area contributed by atoms with Gasteiger partial charge in [-0.15, -0.1) is 0 Å². The molecule has 1 fully saturated rings.